The fourth-order valence-electron chi connectivity index (χ4n) is 3.06. The molecule has 0 aromatic heterocycles. The van der Waals surface area contributed by atoms with Crippen molar-refractivity contribution in [3.63, 3.8) is 0 Å². The Bertz CT molecular complexity index is 1010. The highest BCUT2D eigenvalue weighted by Gasteiger charge is 2.37. The fourth-order valence-corrected chi connectivity index (χ4v) is 7.42. The molecule has 1 fully saturated rings. The lowest BCUT2D eigenvalue weighted by molar-refractivity contribution is 0.0954. The molecule has 0 unspecified atom stereocenters. The van der Waals surface area contributed by atoms with Crippen LogP contribution in [0.5, 0.6) is 0 Å². The number of carbonyl (C=O) groups is 1. The van der Waals surface area contributed by atoms with Crippen molar-refractivity contribution in [2.45, 2.75) is 23.0 Å². The summed E-state index contributed by atoms with van der Waals surface area (Å²) in [7, 11) is -7.00. The van der Waals surface area contributed by atoms with Crippen molar-refractivity contribution in [3.05, 3.63) is 65.7 Å². The van der Waals surface area contributed by atoms with Crippen LogP contribution in [0.2, 0.25) is 0 Å². The van der Waals surface area contributed by atoms with Gasteiger partial charge in [-0.25, -0.2) is 16.8 Å². The molecule has 2 aromatic rings. The number of sulfone groups is 2. The molecule has 1 aliphatic heterocycles. The van der Waals surface area contributed by atoms with E-state index in [4.69, 9.17) is 0 Å². The summed E-state index contributed by atoms with van der Waals surface area (Å²) in [6.45, 7) is 0.475. The van der Waals surface area contributed by atoms with E-state index in [1.165, 1.54) is 24.3 Å². The van der Waals surface area contributed by atoms with E-state index in [1.54, 1.807) is 0 Å². The monoisotopic (exact) mass is 407 g/mol. The summed E-state index contributed by atoms with van der Waals surface area (Å²) < 4.78 is 48.2. The molecule has 0 spiro atoms. The van der Waals surface area contributed by atoms with Crippen molar-refractivity contribution in [2.24, 2.45) is 0 Å². The minimum absolute atomic E-state index is 0.0467. The summed E-state index contributed by atoms with van der Waals surface area (Å²) in [6.07, 6.45) is 0.821. The summed E-state index contributed by atoms with van der Waals surface area (Å²) in [5.41, 5.74) is 1.48. The van der Waals surface area contributed by atoms with E-state index in [9.17, 15) is 21.6 Å². The molecule has 27 heavy (non-hydrogen) atoms. The van der Waals surface area contributed by atoms with E-state index in [0.29, 0.717) is 18.5 Å². The molecular weight excluding hydrogens is 386 g/mol. The normalized spacial score (nSPS) is 18.9. The molecule has 1 amide bonds. The second-order valence-electron chi connectivity index (χ2n) is 6.59. The molecule has 1 atom stereocenters. The molecule has 8 heteroatoms. The van der Waals surface area contributed by atoms with Gasteiger partial charge >= 0.3 is 0 Å². The van der Waals surface area contributed by atoms with Crippen LogP contribution in [-0.2, 0) is 26.1 Å². The molecule has 1 N–H and O–H groups in total. The Morgan fingerprint density at radius 2 is 1.70 bits per heavy atom. The van der Waals surface area contributed by atoms with Crippen LogP contribution in [0.25, 0.3) is 0 Å². The Kier molecular flexibility index (Phi) is 5.67. The summed E-state index contributed by atoms with van der Waals surface area (Å²) in [6, 6.07) is 15.4. The molecule has 144 valence electrons. The zero-order valence-electron chi connectivity index (χ0n) is 14.7. The van der Waals surface area contributed by atoms with Crippen LogP contribution in [-0.4, -0.2) is 46.0 Å². The molecule has 0 bridgehead atoms. The number of hydrogen-bond acceptors (Lipinski definition) is 5. The predicted molar refractivity (Wildman–Crippen MR) is 103 cm³/mol. The first-order valence-electron chi connectivity index (χ1n) is 8.64. The lowest BCUT2D eigenvalue weighted by Crippen LogP contribution is -2.26. The van der Waals surface area contributed by atoms with Crippen molar-refractivity contribution in [1.29, 1.82) is 0 Å². The molecular formula is C19H21NO5S2. The Morgan fingerprint density at radius 3 is 2.30 bits per heavy atom. The van der Waals surface area contributed by atoms with Gasteiger partial charge in [-0.2, -0.15) is 0 Å². The van der Waals surface area contributed by atoms with E-state index in [0.717, 1.165) is 5.56 Å². The Balaban J connectivity index is 1.62. The van der Waals surface area contributed by atoms with Gasteiger partial charge in [-0.1, -0.05) is 30.3 Å². The Labute approximate surface area is 159 Å². The number of nitrogens with one attached hydrogen (secondary N) is 1. The zero-order valence-corrected chi connectivity index (χ0v) is 16.3. The fraction of sp³-hybridized carbons (Fsp3) is 0.316. The third kappa shape index (κ3) is 4.75. The quantitative estimate of drug-likeness (QED) is 0.785. The van der Waals surface area contributed by atoms with Crippen LogP contribution in [0.15, 0.2) is 59.5 Å². The van der Waals surface area contributed by atoms with Crippen LogP contribution in [0, 0.1) is 0 Å². The van der Waals surface area contributed by atoms with Gasteiger partial charge in [0.25, 0.3) is 5.91 Å². The minimum atomic E-state index is -3.72. The molecule has 0 radical (unpaired) electrons. The number of carbonyl (C=O) groups excluding carboxylic acids is 1. The van der Waals surface area contributed by atoms with Gasteiger partial charge in [-0.15, -0.1) is 0 Å². The highest BCUT2D eigenvalue weighted by molar-refractivity contribution is 7.96. The van der Waals surface area contributed by atoms with E-state index >= 15 is 0 Å². The first-order valence-corrected chi connectivity index (χ1v) is 12.0. The van der Waals surface area contributed by atoms with E-state index in [2.05, 4.69) is 5.32 Å². The standard InChI is InChI=1S/C19H21NO5S2/c21-19(20-12-10-15-4-2-1-3-5-15)16-6-8-17(9-7-16)27(24,25)18-11-13-26(22,23)14-18/h1-9,18H,10-14H2,(H,20,21)/t18-/m1/s1. The van der Waals surface area contributed by atoms with Gasteiger partial charge < -0.3 is 5.32 Å². The molecule has 1 heterocycles. The van der Waals surface area contributed by atoms with E-state index in [1.807, 2.05) is 30.3 Å². The van der Waals surface area contributed by atoms with Crippen LogP contribution >= 0.6 is 0 Å². The van der Waals surface area contributed by atoms with Crippen LogP contribution in [0.1, 0.15) is 22.3 Å². The van der Waals surface area contributed by atoms with Crippen molar-refractivity contribution < 1.29 is 21.6 Å². The molecule has 3 rings (SSSR count). The smallest absolute Gasteiger partial charge is 0.251 e. The van der Waals surface area contributed by atoms with E-state index in [-0.39, 0.29) is 28.7 Å². The maximum Gasteiger partial charge on any atom is 0.251 e. The number of rotatable bonds is 6. The zero-order chi connectivity index (χ0) is 19.5. The maximum atomic E-state index is 12.6. The van der Waals surface area contributed by atoms with Gasteiger partial charge in [-0.05, 0) is 42.7 Å². The number of amides is 1. The third-order valence-electron chi connectivity index (χ3n) is 4.62. The maximum absolute atomic E-state index is 12.6. The van der Waals surface area contributed by atoms with Crippen LogP contribution in [0.4, 0.5) is 0 Å². The molecule has 0 aliphatic carbocycles. The number of hydrogen-bond donors (Lipinski definition) is 1. The summed E-state index contributed by atoms with van der Waals surface area (Å²) in [5, 5.41) is 1.89. The van der Waals surface area contributed by atoms with Gasteiger partial charge in [0.15, 0.2) is 19.7 Å². The van der Waals surface area contributed by atoms with Crippen LogP contribution < -0.4 is 5.32 Å². The second kappa shape index (κ2) is 7.82. The van der Waals surface area contributed by atoms with E-state index < -0.39 is 24.9 Å². The Morgan fingerprint density at radius 1 is 1.04 bits per heavy atom. The molecule has 1 aliphatic rings. The summed E-state index contributed by atoms with van der Waals surface area (Å²) in [5.74, 6) is -0.714. The van der Waals surface area contributed by atoms with Crippen molar-refractivity contribution in [3.8, 4) is 0 Å². The summed E-state index contributed by atoms with van der Waals surface area (Å²) in [4.78, 5) is 12.2. The Hall–Kier alpha value is -2.19. The third-order valence-corrected chi connectivity index (χ3v) is 8.80. The highest BCUT2D eigenvalue weighted by atomic mass is 32.2. The highest BCUT2D eigenvalue weighted by Crippen LogP contribution is 2.25. The average Bonchev–Trinajstić information content (AvgIpc) is 3.03. The lowest BCUT2D eigenvalue weighted by Gasteiger charge is -2.11. The first kappa shape index (κ1) is 19.6. The molecule has 1 saturated heterocycles. The topological polar surface area (TPSA) is 97.4 Å². The first-order chi connectivity index (χ1) is 12.8. The van der Waals surface area contributed by atoms with Crippen molar-refractivity contribution in [2.75, 3.05) is 18.1 Å². The van der Waals surface area contributed by atoms with Gasteiger partial charge in [0.2, 0.25) is 0 Å². The molecule has 2 aromatic carbocycles. The van der Waals surface area contributed by atoms with Gasteiger partial charge in [0, 0.05) is 12.1 Å². The van der Waals surface area contributed by atoms with Gasteiger partial charge in [0.05, 0.1) is 21.7 Å². The van der Waals surface area contributed by atoms with Crippen molar-refractivity contribution >= 4 is 25.6 Å². The van der Waals surface area contributed by atoms with Gasteiger partial charge in [-0.3, -0.25) is 4.79 Å². The van der Waals surface area contributed by atoms with Crippen molar-refractivity contribution in [1.82, 2.24) is 5.32 Å². The summed E-state index contributed by atoms with van der Waals surface area (Å²) >= 11 is 0. The number of benzene rings is 2. The lowest BCUT2D eigenvalue weighted by atomic mass is 10.1. The largest absolute Gasteiger partial charge is 0.352 e. The van der Waals surface area contributed by atoms with Crippen LogP contribution in [0.3, 0.4) is 0 Å². The molecule has 0 saturated carbocycles. The predicted octanol–water partition coefficient (Wildman–Crippen LogP) is 1.62. The minimum Gasteiger partial charge on any atom is -0.352 e. The SMILES string of the molecule is O=C(NCCc1ccccc1)c1ccc(S(=O)(=O)[C@@H]2CCS(=O)(=O)C2)cc1. The molecule has 6 nitrogen and oxygen atoms in total. The van der Waals surface area contributed by atoms with Gasteiger partial charge in [0.1, 0.15) is 0 Å². The second-order valence-corrected chi connectivity index (χ2v) is 11.0. The average molecular weight is 408 g/mol.